The molecule has 5 rings (SSSR count). The molecule has 4 fully saturated rings. The zero-order chi connectivity index (χ0) is 17.3. The van der Waals surface area contributed by atoms with Crippen LogP contribution in [0.1, 0.15) is 50.5 Å². The van der Waals surface area contributed by atoms with Gasteiger partial charge in [0.2, 0.25) is 0 Å². The van der Waals surface area contributed by atoms with Crippen molar-refractivity contribution in [1.82, 2.24) is 4.90 Å². The minimum absolute atomic E-state index is 0.603. The largest absolute Gasteiger partial charge is 0.391 e. The second-order valence-corrected chi connectivity index (χ2v) is 9.01. The maximum Gasteiger partial charge on any atom is 0.142 e. The van der Waals surface area contributed by atoms with Gasteiger partial charge < -0.3 is 9.74 Å². The SMILES string of the molecule is c1ccc(CO/N=C2\[C@H]3C[C@H]([C@@H]4CCC[C@@H]43)[C@H]2CN2CCCCC2)cc1. The van der Waals surface area contributed by atoms with Crippen LogP contribution in [0.25, 0.3) is 0 Å². The topological polar surface area (TPSA) is 24.8 Å². The molecular weight excluding hydrogens is 320 g/mol. The van der Waals surface area contributed by atoms with E-state index in [1.54, 1.807) is 0 Å². The summed E-state index contributed by atoms with van der Waals surface area (Å²) < 4.78 is 0. The van der Waals surface area contributed by atoms with Crippen molar-refractivity contribution < 1.29 is 4.84 Å². The zero-order valence-corrected chi connectivity index (χ0v) is 15.9. The average Bonchev–Trinajstić information content (AvgIpc) is 3.37. The Hall–Kier alpha value is -1.35. The molecule has 3 heteroatoms. The fraction of sp³-hybridized carbons (Fsp3) is 0.696. The van der Waals surface area contributed by atoms with Crippen molar-refractivity contribution in [3.05, 3.63) is 35.9 Å². The summed E-state index contributed by atoms with van der Waals surface area (Å²) in [4.78, 5) is 8.61. The van der Waals surface area contributed by atoms with Gasteiger partial charge in [-0.3, -0.25) is 0 Å². The molecule has 3 saturated carbocycles. The molecule has 1 aromatic rings. The molecule has 3 nitrogen and oxygen atoms in total. The first kappa shape index (κ1) is 16.8. The molecule has 0 amide bonds. The highest BCUT2D eigenvalue weighted by Crippen LogP contribution is 2.59. The lowest BCUT2D eigenvalue weighted by molar-refractivity contribution is 0.120. The number of benzene rings is 1. The van der Waals surface area contributed by atoms with Gasteiger partial charge in [0.25, 0.3) is 0 Å². The lowest BCUT2D eigenvalue weighted by atomic mass is 9.74. The predicted octanol–water partition coefficient (Wildman–Crippen LogP) is 4.73. The molecule has 2 bridgehead atoms. The Morgan fingerprint density at radius 1 is 0.923 bits per heavy atom. The first-order valence-electron chi connectivity index (χ1n) is 10.9. The Morgan fingerprint density at radius 3 is 2.58 bits per heavy atom. The number of fused-ring (bicyclic) bond motifs is 5. The van der Waals surface area contributed by atoms with Crippen LogP contribution in [-0.4, -0.2) is 30.2 Å². The third-order valence-corrected chi connectivity index (χ3v) is 7.64. The average molecular weight is 353 g/mol. The van der Waals surface area contributed by atoms with Crippen molar-refractivity contribution in [2.24, 2.45) is 34.7 Å². The Bertz CT molecular complexity index is 637. The van der Waals surface area contributed by atoms with Crippen molar-refractivity contribution >= 4 is 5.71 Å². The molecule has 1 aromatic carbocycles. The highest BCUT2D eigenvalue weighted by molar-refractivity contribution is 5.92. The van der Waals surface area contributed by atoms with E-state index in [0.717, 1.165) is 23.7 Å². The second-order valence-electron chi connectivity index (χ2n) is 9.01. The number of likely N-dealkylation sites (tertiary alicyclic amines) is 1. The maximum absolute atomic E-state index is 5.89. The molecule has 1 aliphatic heterocycles. The first-order valence-corrected chi connectivity index (χ1v) is 10.9. The number of rotatable bonds is 5. The molecule has 0 aromatic heterocycles. The standard InChI is InChI=1S/C23H32N2O/c1-3-8-17(9-4-1)16-26-24-23-21-14-20(18-10-7-11-19(18)21)22(23)15-25-12-5-2-6-13-25/h1,3-4,8-9,18-22H,2,5-7,10-16H2/b24-23+/t18-,19+,20-,21+,22-/m1/s1. The van der Waals surface area contributed by atoms with E-state index in [4.69, 9.17) is 9.99 Å². The van der Waals surface area contributed by atoms with E-state index in [2.05, 4.69) is 35.2 Å². The van der Waals surface area contributed by atoms with Gasteiger partial charge in [0.05, 0.1) is 5.71 Å². The quantitative estimate of drug-likeness (QED) is 0.716. The van der Waals surface area contributed by atoms with E-state index in [1.165, 1.54) is 75.9 Å². The van der Waals surface area contributed by atoms with Crippen LogP contribution in [0.15, 0.2) is 35.5 Å². The molecule has 140 valence electrons. The summed E-state index contributed by atoms with van der Waals surface area (Å²) >= 11 is 0. The lowest BCUT2D eigenvalue weighted by Gasteiger charge is -2.37. The van der Waals surface area contributed by atoms with Gasteiger partial charge >= 0.3 is 0 Å². The molecule has 0 spiro atoms. The molecule has 0 radical (unpaired) electrons. The summed E-state index contributed by atoms with van der Waals surface area (Å²) in [5, 5.41) is 4.80. The molecule has 5 atom stereocenters. The molecule has 3 aliphatic carbocycles. The van der Waals surface area contributed by atoms with Crippen LogP contribution < -0.4 is 0 Å². The van der Waals surface area contributed by atoms with Crippen molar-refractivity contribution in [3.8, 4) is 0 Å². The summed E-state index contributed by atoms with van der Waals surface area (Å²) in [5.41, 5.74) is 2.64. The summed E-state index contributed by atoms with van der Waals surface area (Å²) in [6.07, 6.45) is 9.91. The third-order valence-electron chi connectivity index (χ3n) is 7.64. The summed E-state index contributed by atoms with van der Waals surface area (Å²) in [6, 6.07) is 10.5. The molecule has 1 saturated heterocycles. The fourth-order valence-corrected chi connectivity index (χ4v) is 6.53. The van der Waals surface area contributed by atoms with Crippen LogP contribution in [0.3, 0.4) is 0 Å². The fourth-order valence-electron chi connectivity index (χ4n) is 6.53. The molecule has 1 heterocycles. The second kappa shape index (κ2) is 7.34. The van der Waals surface area contributed by atoms with E-state index in [1.807, 2.05) is 0 Å². The van der Waals surface area contributed by atoms with Crippen LogP contribution in [0.2, 0.25) is 0 Å². The van der Waals surface area contributed by atoms with Gasteiger partial charge in [0, 0.05) is 18.4 Å². The summed E-state index contributed by atoms with van der Waals surface area (Å²) in [6.45, 7) is 4.42. The van der Waals surface area contributed by atoms with Crippen LogP contribution in [0, 0.1) is 29.6 Å². The Balaban J connectivity index is 1.31. The molecule has 0 N–H and O–H groups in total. The van der Waals surface area contributed by atoms with Gasteiger partial charge in [-0.2, -0.15) is 0 Å². The van der Waals surface area contributed by atoms with Gasteiger partial charge in [0.1, 0.15) is 6.61 Å². The van der Waals surface area contributed by atoms with Crippen LogP contribution in [0.4, 0.5) is 0 Å². The summed E-state index contributed by atoms with van der Waals surface area (Å²) in [5.74, 6) is 4.17. The van der Waals surface area contributed by atoms with Crippen molar-refractivity contribution in [2.45, 2.75) is 51.6 Å². The molecular formula is C23H32N2O. The van der Waals surface area contributed by atoms with E-state index >= 15 is 0 Å². The van der Waals surface area contributed by atoms with Gasteiger partial charge in [-0.05, 0) is 68.5 Å². The molecule has 4 aliphatic rings. The number of piperidine rings is 1. The van der Waals surface area contributed by atoms with E-state index < -0.39 is 0 Å². The third kappa shape index (κ3) is 3.09. The van der Waals surface area contributed by atoms with Gasteiger partial charge in [-0.15, -0.1) is 0 Å². The van der Waals surface area contributed by atoms with Crippen LogP contribution >= 0.6 is 0 Å². The highest BCUT2D eigenvalue weighted by atomic mass is 16.6. The Labute approximate surface area is 157 Å². The van der Waals surface area contributed by atoms with Crippen LogP contribution in [-0.2, 0) is 11.4 Å². The minimum Gasteiger partial charge on any atom is -0.391 e. The minimum atomic E-state index is 0.603. The number of hydrogen-bond donors (Lipinski definition) is 0. The Morgan fingerprint density at radius 2 is 1.73 bits per heavy atom. The zero-order valence-electron chi connectivity index (χ0n) is 15.9. The monoisotopic (exact) mass is 352 g/mol. The molecule has 0 unspecified atom stereocenters. The maximum atomic E-state index is 5.89. The highest BCUT2D eigenvalue weighted by Gasteiger charge is 2.57. The van der Waals surface area contributed by atoms with E-state index in [-0.39, 0.29) is 0 Å². The van der Waals surface area contributed by atoms with E-state index in [0.29, 0.717) is 12.5 Å². The van der Waals surface area contributed by atoms with Gasteiger partial charge in [0.15, 0.2) is 0 Å². The molecule has 26 heavy (non-hydrogen) atoms. The van der Waals surface area contributed by atoms with Crippen molar-refractivity contribution in [2.75, 3.05) is 19.6 Å². The van der Waals surface area contributed by atoms with Crippen molar-refractivity contribution in [1.29, 1.82) is 0 Å². The predicted molar refractivity (Wildman–Crippen MR) is 105 cm³/mol. The Kier molecular flexibility index (Phi) is 4.74. The van der Waals surface area contributed by atoms with Gasteiger partial charge in [-0.25, -0.2) is 0 Å². The normalized spacial score (nSPS) is 38.0. The van der Waals surface area contributed by atoms with Gasteiger partial charge in [-0.1, -0.05) is 48.3 Å². The first-order chi connectivity index (χ1) is 12.9. The summed E-state index contributed by atoms with van der Waals surface area (Å²) in [7, 11) is 0. The van der Waals surface area contributed by atoms with Crippen LogP contribution in [0.5, 0.6) is 0 Å². The lowest BCUT2D eigenvalue weighted by Crippen LogP contribution is -2.42. The number of nitrogens with zero attached hydrogens (tertiary/aromatic N) is 2. The van der Waals surface area contributed by atoms with Crippen molar-refractivity contribution in [3.63, 3.8) is 0 Å². The number of hydrogen-bond acceptors (Lipinski definition) is 3. The van der Waals surface area contributed by atoms with E-state index in [9.17, 15) is 0 Å². The smallest absolute Gasteiger partial charge is 0.142 e. The number of oxime groups is 1.